The number of nitrogen functional groups attached to an aromatic ring is 1. The lowest BCUT2D eigenvalue weighted by atomic mass is 10.2. The third-order valence-electron chi connectivity index (χ3n) is 2.29. The van der Waals surface area contributed by atoms with Crippen LogP contribution in [0.4, 0.5) is 10.1 Å². The third kappa shape index (κ3) is 4.32. The predicted octanol–water partition coefficient (Wildman–Crippen LogP) is 1.36. The van der Waals surface area contributed by atoms with Crippen molar-refractivity contribution >= 4 is 15.5 Å². The van der Waals surface area contributed by atoms with E-state index in [4.69, 9.17) is 10.5 Å². The molecule has 0 saturated heterocycles. The molecule has 6 heteroatoms. The molecule has 17 heavy (non-hydrogen) atoms. The van der Waals surface area contributed by atoms with Crippen LogP contribution < -0.4 is 5.73 Å². The van der Waals surface area contributed by atoms with Crippen LogP contribution in [0.5, 0.6) is 0 Å². The average Bonchev–Trinajstić information content (AvgIpc) is 2.25. The van der Waals surface area contributed by atoms with Crippen molar-refractivity contribution in [2.24, 2.45) is 0 Å². The maximum Gasteiger partial charge on any atom is 0.154 e. The van der Waals surface area contributed by atoms with Gasteiger partial charge < -0.3 is 10.5 Å². The van der Waals surface area contributed by atoms with E-state index >= 15 is 0 Å². The lowest BCUT2D eigenvalue weighted by Crippen LogP contribution is -2.12. The first-order valence-electron chi connectivity index (χ1n) is 5.18. The molecule has 96 valence electrons. The molecule has 0 aliphatic rings. The average molecular weight is 261 g/mol. The van der Waals surface area contributed by atoms with Crippen LogP contribution in [0, 0.1) is 5.82 Å². The molecule has 0 heterocycles. The van der Waals surface area contributed by atoms with E-state index in [9.17, 15) is 12.8 Å². The molecule has 1 aromatic rings. The number of hydrogen-bond donors (Lipinski definition) is 1. The van der Waals surface area contributed by atoms with Gasteiger partial charge in [-0.25, -0.2) is 12.8 Å². The Labute approximate surface area is 101 Å². The lowest BCUT2D eigenvalue weighted by Gasteiger charge is -2.06. The summed E-state index contributed by atoms with van der Waals surface area (Å²) in [5.74, 6) is -0.995. The van der Waals surface area contributed by atoms with Crippen LogP contribution in [0.15, 0.2) is 18.2 Å². The third-order valence-corrected chi connectivity index (χ3v) is 3.95. The molecule has 1 rings (SSSR count). The summed E-state index contributed by atoms with van der Waals surface area (Å²) >= 11 is 0. The number of hydrogen-bond acceptors (Lipinski definition) is 4. The monoisotopic (exact) mass is 261 g/mol. The Kier molecular flexibility index (Phi) is 4.89. The smallest absolute Gasteiger partial charge is 0.154 e. The largest absolute Gasteiger partial charge is 0.396 e. The normalized spacial score (nSPS) is 11.6. The number of benzene rings is 1. The molecule has 4 nitrogen and oxygen atoms in total. The van der Waals surface area contributed by atoms with Crippen LogP contribution in [-0.4, -0.2) is 27.9 Å². The van der Waals surface area contributed by atoms with Crippen LogP contribution in [0.1, 0.15) is 12.0 Å². The van der Waals surface area contributed by atoms with Crippen molar-refractivity contribution in [2.75, 3.05) is 25.2 Å². The Morgan fingerprint density at radius 1 is 1.41 bits per heavy atom. The fraction of sp³-hybridized carbons (Fsp3) is 0.455. The Balaban J connectivity index is 2.73. The maximum atomic E-state index is 13.5. The fourth-order valence-corrected chi connectivity index (χ4v) is 2.84. The summed E-state index contributed by atoms with van der Waals surface area (Å²) in [7, 11) is -1.82. The summed E-state index contributed by atoms with van der Waals surface area (Å²) in [4.78, 5) is 0. The van der Waals surface area contributed by atoms with E-state index < -0.39 is 15.7 Å². The summed E-state index contributed by atoms with van der Waals surface area (Å²) in [6.45, 7) is 0.374. The molecule has 0 radical (unpaired) electrons. The van der Waals surface area contributed by atoms with E-state index in [0.29, 0.717) is 13.0 Å². The molecule has 0 aliphatic heterocycles. The zero-order valence-electron chi connectivity index (χ0n) is 9.65. The van der Waals surface area contributed by atoms with E-state index in [2.05, 4.69) is 0 Å². The van der Waals surface area contributed by atoms with Gasteiger partial charge in [0.1, 0.15) is 5.82 Å². The van der Waals surface area contributed by atoms with Crippen molar-refractivity contribution in [2.45, 2.75) is 12.2 Å². The molecule has 0 fully saturated rings. The van der Waals surface area contributed by atoms with Gasteiger partial charge >= 0.3 is 0 Å². The van der Waals surface area contributed by atoms with Gasteiger partial charge in [0, 0.05) is 19.3 Å². The Bertz CT molecular complexity index is 474. The number of halogens is 1. The number of rotatable bonds is 6. The van der Waals surface area contributed by atoms with Crippen LogP contribution in [0.25, 0.3) is 0 Å². The minimum absolute atomic E-state index is 0.0188. The molecular formula is C11H16FNO3S. The van der Waals surface area contributed by atoms with Crippen molar-refractivity contribution in [1.29, 1.82) is 0 Å². The molecule has 2 N–H and O–H groups in total. The molecular weight excluding hydrogens is 245 g/mol. The first kappa shape index (κ1) is 13.9. The van der Waals surface area contributed by atoms with Crippen molar-refractivity contribution in [3.8, 4) is 0 Å². The Morgan fingerprint density at radius 3 is 2.76 bits per heavy atom. The molecule has 0 aromatic heterocycles. The van der Waals surface area contributed by atoms with E-state index in [1.807, 2.05) is 0 Å². The minimum atomic E-state index is -3.32. The number of methoxy groups -OCH3 is 1. The summed E-state index contributed by atoms with van der Waals surface area (Å²) < 4.78 is 41.6. The zero-order valence-corrected chi connectivity index (χ0v) is 10.5. The van der Waals surface area contributed by atoms with Gasteiger partial charge in [0.15, 0.2) is 9.84 Å². The van der Waals surface area contributed by atoms with Crippen molar-refractivity contribution in [1.82, 2.24) is 0 Å². The van der Waals surface area contributed by atoms with Crippen LogP contribution in [-0.2, 0) is 20.3 Å². The molecule has 0 atom stereocenters. The van der Waals surface area contributed by atoms with Gasteiger partial charge in [0.2, 0.25) is 0 Å². The number of anilines is 1. The fourth-order valence-electron chi connectivity index (χ4n) is 1.44. The Hall–Kier alpha value is -1.14. The number of sulfone groups is 1. The minimum Gasteiger partial charge on any atom is -0.396 e. The standard InChI is InChI=1S/C11H16FNO3S/c1-16-6-3-7-17(14,15)8-9-4-2-5-10(13)11(9)12/h2,4-5H,3,6-8,13H2,1H3. The molecule has 1 aromatic carbocycles. The number of nitrogens with two attached hydrogens (primary N) is 1. The predicted molar refractivity (Wildman–Crippen MR) is 64.8 cm³/mol. The van der Waals surface area contributed by atoms with E-state index in [0.717, 1.165) is 0 Å². The first-order valence-corrected chi connectivity index (χ1v) is 7.00. The number of ether oxygens (including phenoxy) is 1. The van der Waals surface area contributed by atoms with Crippen molar-refractivity contribution in [3.63, 3.8) is 0 Å². The van der Waals surface area contributed by atoms with Crippen LogP contribution in [0.3, 0.4) is 0 Å². The quantitative estimate of drug-likeness (QED) is 0.620. The van der Waals surface area contributed by atoms with Gasteiger partial charge in [-0.3, -0.25) is 0 Å². The van der Waals surface area contributed by atoms with Gasteiger partial charge in [-0.2, -0.15) is 0 Å². The van der Waals surface area contributed by atoms with E-state index in [1.54, 1.807) is 6.07 Å². The van der Waals surface area contributed by atoms with E-state index in [-0.39, 0.29) is 22.8 Å². The van der Waals surface area contributed by atoms with Crippen molar-refractivity contribution in [3.05, 3.63) is 29.6 Å². The van der Waals surface area contributed by atoms with E-state index in [1.165, 1.54) is 19.2 Å². The highest BCUT2D eigenvalue weighted by molar-refractivity contribution is 7.90. The summed E-state index contributed by atoms with van der Waals surface area (Å²) in [6, 6.07) is 4.37. The molecule has 0 bridgehead atoms. The highest BCUT2D eigenvalue weighted by Gasteiger charge is 2.15. The molecule has 0 aliphatic carbocycles. The van der Waals surface area contributed by atoms with Crippen LogP contribution >= 0.6 is 0 Å². The zero-order chi connectivity index (χ0) is 12.9. The highest BCUT2D eigenvalue weighted by Crippen LogP contribution is 2.17. The summed E-state index contributed by atoms with van der Waals surface area (Å²) in [5.41, 5.74) is 5.45. The molecule has 0 amide bonds. The van der Waals surface area contributed by atoms with Crippen molar-refractivity contribution < 1.29 is 17.5 Å². The second-order valence-corrected chi connectivity index (χ2v) is 5.94. The molecule has 0 saturated carbocycles. The second-order valence-electron chi connectivity index (χ2n) is 3.76. The summed E-state index contributed by atoms with van der Waals surface area (Å²) in [6.07, 6.45) is 0.406. The topological polar surface area (TPSA) is 69.4 Å². The Morgan fingerprint density at radius 2 is 2.12 bits per heavy atom. The van der Waals surface area contributed by atoms with Gasteiger partial charge in [-0.05, 0) is 12.5 Å². The summed E-state index contributed by atoms with van der Waals surface area (Å²) in [5, 5.41) is 0. The first-order chi connectivity index (χ1) is 7.96. The lowest BCUT2D eigenvalue weighted by molar-refractivity contribution is 0.199. The van der Waals surface area contributed by atoms with Gasteiger partial charge in [-0.15, -0.1) is 0 Å². The molecule has 0 unspecified atom stereocenters. The van der Waals surface area contributed by atoms with Gasteiger partial charge in [0.05, 0.1) is 17.2 Å². The van der Waals surface area contributed by atoms with Crippen LogP contribution in [0.2, 0.25) is 0 Å². The van der Waals surface area contributed by atoms with Gasteiger partial charge in [-0.1, -0.05) is 12.1 Å². The van der Waals surface area contributed by atoms with Gasteiger partial charge in [0.25, 0.3) is 0 Å². The second kappa shape index (κ2) is 5.97. The highest BCUT2D eigenvalue weighted by atomic mass is 32.2. The SMILES string of the molecule is COCCCS(=O)(=O)Cc1cccc(N)c1F. The molecule has 0 spiro atoms. The maximum absolute atomic E-state index is 13.5.